The van der Waals surface area contributed by atoms with Gasteiger partial charge in [-0.05, 0) is 25.2 Å². The van der Waals surface area contributed by atoms with Gasteiger partial charge in [-0.1, -0.05) is 13.8 Å². The van der Waals surface area contributed by atoms with Gasteiger partial charge in [0.2, 0.25) is 17.7 Å². The molecule has 1 aromatic rings. The molecule has 0 unspecified atom stereocenters. The Balaban J connectivity index is 3.07. The van der Waals surface area contributed by atoms with Gasteiger partial charge in [-0.15, -0.1) is 0 Å². The lowest BCUT2D eigenvalue weighted by Gasteiger charge is -2.25. The Bertz CT molecular complexity index is 950. The number of nitrogens with two attached hydrogens (primary N) is 1. The molecule has 0 aromatic carbocycles. The Hall–Kier alpha value is -4.01. The maximum absolute atomic E-state index is 13.1. The van der Waals surface area contributed by atoms with E-state index in [0.29, 0.717) is 5.69 Å². The molecule has 0 radical (unpaired) electrons. The first-order valence-corrected chi connectivity index (χ1v) is 11.6. The average molecular weight is 527 g/mol. The molecule has 9 N–H and O–H groups in total. The third-order valence-electron chi connectivity index (χ3n) is 5.21. The number of carboxylic acids is 3. The van der Waals surface area contributed by atoms with Crippen LogP contribution in [0.3, 0.4) is 0 Å². The van der Waals surface area contributed by atoms with E-state index in [0.717, 1.165) is 0 Å². The highest BCUT2D eigenvalue weighted by molar-refractivity contribution is 5.94. The molecule has 0 saturated heterocycles. The summed E-state index contributed by atoms with van der Waals surface area (Å²) in [4.78, 5) is 78.5. The van der Waals surface area contributed by atoms with E-state index in [2.05, 4.69) is 25.9 Å². The Morgan fingerprint density at radius 1 is 0.865 bits per heavy atom. The summed E-state index contributed by atoms with van der Waals surface area (Å²) in [5.74, 6) is -6.34. The lowest BCUT2D eigenvalue weighted by atomic mass is 10.0. The Morgan fingerprint density at radius 3 is 1.92 bits per heavy atom. The lowest BCUT2D eigenvalue weighted by molar-refractivity contribution is -0.143. The first-order valence-electron chi connectivity index (χ1n) is 11.6. The van der Waals surface area contributed by atoms with Gasteiger partial charge in [-0.3, -0.25) is 24.0 Å². The second-order valence-corrected chi connectivity index (χ2v) is 8.89. The summed E-state index contributed by atoms with van der Waals surface area (Å²) in [6, 6.07) is -5.22. The Morgan fingerprint density at radius 2 is 1.41 bits per heavy atom. The predicted molar refractivity (Wildman–Crippen MR) is 127 cm³/mol. The zero-order chi connectivity index (χ0) is 28.1. The van der Waals surface area contributed by atoms with Gasteiger partial charge in [0.25, 0.3) is 0 Å². The molecule has 1 aromatic heterocycles. The quantitative estimate of drug-likeness (QED) is 0.117. The van der Waals surface area contributed by atoms with Gasteiger partial charge in [0.15, 0.2) is 0 Å². The van der Waals surface area contributed by atoms with Crippen molar-refractivity contribution in [2.75, 3.05) is 0 Å². The van der Waals surface area contributed by atoms with Gasteiger partial charge in [-0.25, -0.2) is 9.78 Å². The van der Waals surface area contributed by atoms with Crippen molar-refractivity contribution in [3.63, 3.8) is 0 Å². The number of hydrogen-bond acceptors (Lipinski definition) is 8. The Labute approximate surface area is 212 Å². The minimum Gasteiger partial charge on any atom is -0.481 e. The monoisotopic (exact) mass is 526 g/mol. The molecule has 0 spiro atoms. The standard InChI is InChI=1S/C22H34N6O9/c1-11(2)7-16(22(36)37)28-20(34)14(4-6-18(31)32)26-21(35)15(8-12-9-24-10-25-12)27-19(33)13(23)3-5-17(29)30/h9-11,13-16H,3-8,23H2,1-2H3,(H,24,25)(H,26,35)(H,27,33)(H,28,34)(H,29,30)(H,31,32)(H,36,37)/t13-,14-,15-,16-/m0/s1. The third-order valence-corrected chi connectivity index (χ3v) is 5.21. The van der Waals surface area contributed by atoms with Crippen molar-refractivity contribution in [2.24, 2.45) is 11.7 Å². The number of amides is 3. The van der Waals surface area contributed by atoms with Crippen molar-refractivity contribution in [1.82, 2.24) is 25.9 Å². The molecule has 37 heavy (non-hydrogen) atoms. The highest BCUT2D eigenvalue weighted by atomic mass is 16.4. The number of aliphatic carboxylic acids is 3. The van der Waals surface area contributed by atoms with E-state index in [1.54, 1.807) is 13.8 Å². The lowest BCUT2D eigenvalue weighted by Crippen LogP contribution is -2.57. The summed E-state index contributed by atoms with van der Waals surface area (Å²) in [7, 11) is 0. The van der Waals surface area contributed by atoms with E-state index in [1.807, 2.05) is 0 Å². The second-order valence-electron chi connectivity index (χ2n) is 8.89. The number of nitrogens with one attached hydrogen (secondary N) is 4. The van der Waals surface area contributed by atoms with Gasteiger partial charge in [-0.2, -0.15) is 0 Å². The van der Waals surface area contributed by atoms with E-state index in [9.17, 15) is 33.9 Å². The summed E-state index contributed by atoms with van der Waals surface area (Å²) >= 11 is 0. The van der Waals surface area contributed by atoms with E-state index in [1.165, 1.54) is 12.5 Å². The fourth-order valence-corrected chi connectivity index (χ4v) is 3.28. The molecule has 0 saturated carbocycles. The maximum Gasteiger partial charge on any atom is 0.326 e. The van der Waals surface area contributed by atoms with E-state index < -0.39 is 66.2 Å². The average Bonchev–Trinajstić information content (AvgIpc) is 3.31. The number of carbonyl (C=O) groups is 6. The zero-order valence-electron chi connectivity index (χ0n) is 20.6. The summed E-state index contributed by atoms with van der Waals surface area (Å²) in [5, 5.41) is 34.4. The van der Waals surface area contributed by atoms with Crippen molar-refractivity contribution in [1.29, 1.82) is 0 Å². The normalized spacial score (nSPS) is 14.2. The van der Waals surface area contributed by atoms with Crippen molar-refractivity contribution in [2.45, 2.75) is 76.5 Å². The van der Waals surface area contributed by atoms with Gasteiger partial charge in [0.05, 0.1) is 18.1 Å². The molecule has 1 heterocycles. The highest BCUT2D eigenvalue weighted by Gasteiger charge is 2.31. The summed E-state index contributed by atoms with van der Waals surface area (Å²) < 4.78 is 0. The Kier molecular flexibility index (Phi) is 12.7. The molecule has 15 heteroatoms. The van der Waals surface area contributed by atoms with Crippen molar-refractivity contribution in [3.8, 4) is 0 Å². The molecule has 1 rings (SSSR count). The number of aromatic nitrogens is 2. The minimum absolute atomic E-state index is 0.0766. The number of nitrogens with zero attached hydrogens (tertiary/aromatic N) is 1. The van der Waals surface area contributed by atoms with Crippen LogP contribution in [0.1, 0.15) is 51.6 Å². The van der Waals surface area contributed by atoms with Crippen LogP contribution in [0.15, 0.2) is 12.5 Å². The van der Waals surface area contributed by atoms with E-state index >= 15 is 0 Å². The van der Waals surface area contributed by atoms with Crippen LogP contribution in [-0.4, -0.2) is 85.1 Å². The zero-order valence-corrected chi connectivity index (χ0v) is 20.6. The first kappa shape index (κ1) is 31.0. The smallest absolute Gasteiger partial charge is 0.326 e. The topological polar surface area (TPSA) is 254 Å². The first-order chi connectivity index (χ1) is 17.3. The van der Waals surface area contributed by atoms with E-state index in [-0.39, 0.29) is 38.0 Å². The summed E-state index contributed by atoms with van der Waals surface area (Å²) in [5.41, 5.74) is 6.10. The molecule has 0 aliphatic rings. The van der Waals surface area contributed by atoms with Crippen molar-refractivity contribution < 1.29 is 44.1 Å². The summed E-state index contributed by atoms with van der Waals surface area (Å²) in [6.45, 7) is 3.52. The molecule has 0 fully saturated rings. The van der Waals surface area contributed by atoms with Crippen LogP contribution >= 0.6 is 0 Å². The number of H-pyrrole nitrogens is 1. The maximum atomic E-state index is 13.1. The molecule has 0 aliphatic heterocycles. The molecular formula is C22H34N6O9. The van der Waals surface area contributed by atoms with Crippen LogP contribution in [0.4, 0.5) is 0 Å². The predicted octanol–water partition coefficient (Wildman–Crippen LogP) is -1.41. The van der Waals surface area contributed by atoms with Gasteiger partial charge in [0.1, 0.15) is 18.1 Å². The second kappa shape index (κ2) is 15.2. The summed E-state index contributed by atoms with van der Waals surface area (Å²) in [6.07, 6.45) is 1.37. The van der Waals surface area contributed by atoms with Crippen molar-refractivity contribution in [3.05, 3.63) is 18.2 Å². The van der Waals surface area contributed by atoms with Crippen LogP contribution in [0, 0.1) is 5.92 Å². The van der Waals surface area contributed by atoms with Crippen LogP contribution in [0.25, 0.3) is 0 Å². The fraction of sp³-hybridized carbons (Fsp3) is 0.591. The number of hydrogen-bond donors (Lipinski definition) is 8. The molecule has 4 atom stereocenters. The largest absolute Gasteiger partial charge is 0.481 e. The van der Waals surface area contributed by atoms with Gasteiger partial charge in [0, 0.05) is 25.5 Å². The number of carbonyl (C=O) groups excluding carboxylic acids is 3. The van der Waals surface area contributed by atoms with Gasteiger partial charge >= 0.3 is 17.9 Å². The van der Waals surface area contributed by atoms with E-state index in [4.69, 9.17) is 15.9 Å². The molecule has 0 bridgehead atoms. The van der Waals surface area contributed by atoms with Crippen LogP contribution in [0.5, 0.6) is 0 Å². The highest BCUT2D eigenvalue weighted by Crippen LogP contribution is 2.08. The number of imidazole rings is 1. The minimum atomic E-state index is -1.42. The number of carboxylic acid groups (broad SMARTS) is 3. The fourth-order valence-electron chi connectivity index (χ4n) is 3.28. The molecule has 206 valence electrons. The van der Waals surface area contributed by atoms with Gasteiger partial charge < -0.3 is 42.0 Å². The van der Waals surface area contributed by atoms with Crippen LogP contribution in [-0.2, 0) is 35.2 Å². The number of rotatable bonds is 17. The SMILES string of the molecule is CC(C)C[C@H](NC(=O)[C@H](CCC(=O)O)NC(=O)[C@H](Cc1c[nH]cn1)NC(=O)[C@@H](N)CCC(=O)O)C(=O)O. The molecule has 0 aliphatic carbocycles. The molecular weight excluding hydrogens is 492 g/mol. The molecule has 15 nitrogen and oxygen atoms in total. The number of aromatic amines is 1. The van der Waals surface area contributed by atoms with Crippen molar-refractivity contribution >= 4 is 35.6 Å². The molecule has 3 amide bonds. The third kappa shape index (κ3) is 12.0. The van der Waals surface area contributed by atoms with Crippen LogP contribution in [0.2, 0.25) is 0 Å². The van der Waals surface area contributed by atoms with Crippen LogP contribution < -0.4 is 21.7 Å².